The van der Waals surface area contributed by atoms with Gasteiger partial charge in [0.05, 0.1) is 21.3 Å². The number of aryl methyl sites for hydroxylation is 3. The van der Waals surface area contributed by atoms with Gasteiger partial charge in [-0.1, -0.05) is 53.1 Å². The van der Waals surface area contributed by atoms with Crippen LogP contribution in [0.2, 0.25) is 5.02 Å². The first-order chi connectivity index (χ1) is 14.0. The molecule has 6 nitrogen and oxygen atoms in total. The second-order valence-electron chi connectivity index (χ2n) is 6.96. The van der Waals surface area contributed by atoms with Gasteiger partial charge in [-0.15, -0.1) is 0 Å². The highest BCUT2D eigenvalue weighted by atomic mass is 35.5. The summed E-state index contributed by atoms with van der Waals surface area (Å²) in [5.74, 6) is 0. The van der Waals surface area contributed by atoms with E-state index in [4.69, 9.17) is 11.6 Å². The molecular weight excluding hydrogens is 444 g/mol. The molecule has 0 spiro atoms. The Morgan fingerprint density at radius 3 is 1.93 bits per heavy atom. The zero-order chi connectivity index (χ0) is 22.1. The number of rotatable bonds is 6. The molecular formula is C21H21ClN2O4S2. The van der Waals surface area contributed by atoms with Crippen LogP contribution in [0.15, 0.2) is 70.5 Å². The van der Waals surface area contributed by atoms with Crippen molar-refractivity contribution < 1.29 is 16.8 Å². The molecule has 0 aliphatic carbocycles. The summed E-state index contributed by atoms with van der Waals surface area (Å²) in [5, 5.41) is -0.101. The van der Waals surface area contributed by atoms with Gasteiger partial charge in [0.1, 0.15) is 4.90 Å². The molecule has 0 aromatic heterocycles. The number of benzene rings is 3. The van der Waals surface area contributed by atoms with Crippen molar-refractivity contribution >= 4 is 43.0 Å². The zero-order valence-electron chi connectivity index (χ0n) is 16.6. The quantitative estimate of drug-likeness (QED) is 0.544. The molecule has 0 bridgehead atoms. The molecule has 0 unspecified atom stereocenters. The standard InChI is InChI=1S/C21H21ClN2O4S2/c1-14-7-10-17(11-8-14)29(25,26)24-20-6-4-5-18(22)21(20)30(27,28)23-19-12-9-15(2)13-16(19)3/h4-13,23-24H,1-3H3. The Morgan fingerprint density at radius 2 is 1.30 bits per heavy atom. The highest BCUT2D eigenvalue weighted by Crippen LogP contribution is 2.33. The van der Waals surface area contributed by atoms with Gasteiger partial charge in [0.15, 0.2) is 0 Å². The van der Waals surface area contributed by atoms with Gasteiger partial charge in [-0.25, -0.2) is 16.8 Å². The topological polar surface area (TPSA) is 92.3 Å². The van der Waals surface area contributed by atoms with Crippen LogP contribution in [0.3, 0.4) is 0 Å². The molecule has 0 aliphatic rings. The maximum atomic E-state index is 13.1. The molecule has 3 aromatic rings. The maximum absolute atomic E-state index is 13.1. The number of nitrogens with one attached hydrogen (secondary N) is 2. The molecule has 0 saturated carbocycles. The van der Waals surface area contributed by atoms with Gasteiger partial charge in [-0.3, -0.25) is 9.44 Å². The van der Waals surface area contributed by atoms with E-state index in [0.29, 0.717) is 5.69 Å². The summed E-state index contributed by atoms with van der Waals surface area (Å²) in [4.78, 5) is -0.332. The molecule has 0 amide bonds. The van der Waals surface area contributed by atoms with Crippen LogP contribution < -0.4 is 9.44 Å². The van der Waals surface area contributed by atoms with Gasteiger partial charge in [-0.2, -0.15) is 0 Å². The SMILES string of the molecule is Cc1ccc(S(=O)(=O)Nc2cccc(Cl)c2S(=O)(=O)Nc2ccc(C)cc2C)cc1. The van der Waals surface area contributed by atoms with E-state index < -0.39 is 20.0 Å². The minimum atomic E-state index is -4.18. The van der Waals surface area contributed by atoms with Gasteiger partial charge >= 0.3 is 0 Å². The number of hydrogen-bond acceptors (Lipinski definition) is 4. The Bertz CT molecular complexity index is 1300. The highest BCUT2D eigenvalue weighted by Gasteiger charge is 2.26. The molecule has 0 radical (unpaired) electrons. The highest BCUT2D eigenvalue weighted by molar-refractivity contribution is 7.94. The first-order valence-electron chi connectivity index (χ1n) is 8.98. The molecule has 0 fully saturated rings. The van der Waals surface area contributed by atoms with Crippen molar-refractivity contribution in [3.05, 3.63) is 82.4 Å². The number of halogens is 1. The monoisotopic (exact) mass is 464 g/mol. The fourth-order valence-corrected chi connectivity index (χ4v) is 5.88. The summed E-state index contributed by atoms with van der Waals surface area (Å²) in [6.45, 7) is 5.51. The van der Waals surface area contributed by atoms with E-state index in [1.807, 2.05) is 19.9 Å². The number of sulfonamides is 2. The van der Waals surface area contributed by atoms with E-state index in [1.165, 1.54) is 30.3 Å². The van der Waals surface area contributed by atoms with Crippen molar-refractivity contribution in [3.63, 3.8) is 0 Å². The summed E-state index contributed by atoms with van der Waals surface area (Å²) in [6.07, 6.45) is 0. The van der Waals surface area contributed by atoms with Gasteiger partial charge in [-0.05, 0) is 56.7 Å². The lowest BCUT2D eigenvalue weighted by Gasteiger charge is -2.16. The molecule has 2 N–H and O–H groups in total. The van der Waals surface area contributed by atoms with Gasteiger partial charge in [0.2, 0.25) is 0 Å². The van der Waals surface area contributed by atoms with Crippen molar-refractivity contribution in [1.29, 1.82) is 0 Å². The molecule has 158 valence electrons. The lowest BCUT2D eigenvalue weighted by atomic mass is 10.1. The van der Waals surface area contributed by atoms with E-state index in [-0.39, 0.29) is 20.5 Å². The normalized spacial score (nSPS) is 11.9. The summed E-state index contributed by atoms with van der Waals surface area (Å²) in [6, 6.07) is 15.7. The third-order valence-corrected chi connectivity index (χ3v) is 7.71. The largest absolute Gasteiger partial charge is 0.279 e. The Hall–Kier alpha value is -2.55. The molecule has 0 saturated heterocycles. The Balaban J connectivity index is 2.03. The average molecular weight is 465 g/mol. The molecule has 9 heteroatoms. The van der Waals surface area contributed by atoms with Gasteiger partial charge in [0, 0.05) is 0 Å². The van der Waals surface area contributed by atoms with Crippen molar-refractivity contribution in [2.24, 2.45) is 0 Å². The van der Waals surface area contributed by atoms with Gasteiger partial charge < -0.3 is 0 Å². The molecule has 3 aromatic carbocycles. The third kappa shape index (κ3) is 4.77. The van der Waals surface area contributed by atoms with Crippen LogP contribution in [-0.2, 0) is 20.0 Å². The molecule has 3 rings (SSSR count). The van der Waals surface area contributed by atoms with E-state index in [0.717, 1.165) is 16.7 Å². The van der Waals surface area contributed by atoms with E-state index in [2.05, 4.69) is 9.44 Å². The minimum Gasteiger partial charge on any atom is -0.279 e. The number of anilines is 2. The van der Waals surface area contributed by atoms with Crippen molar-refractivity contribution in [2.75, 3.05) is 9.44 Å². The molecule has 0 heterocycles. The van der Waals surface area contributed by atoms with E-state index >= 15 is 0 Å². The van der Waals surface area contributed by atoms with Crippen molar-refractivity contribution in [2.45, 2.75) is 30.6 Å². The van der Waals surface area contributed by atoms with Crippen LogP contribution in [0.25, 0.3) is 0 Å². The summed E-state index contributed by atoms with van der Waals surface area (Å²) < 4.78 is 56.6. The fourth-order valence-electron chi connectivity index (χ4n) is 2.91. The first-order valence-corrected chi connectivity index (χ1v) is 12.3. The summed E-state index contributed by atoms with van der Waals surface area (Å²) in [5.41, 5.74) is 2.86. The second-order valence-corrected chi connectivity index (χ2v) is 10.7. The van der Waals surface area contributed by atoms with Crippen LogP contribution in [0.4, 0.5) is 11.4 Å². The van der Waals surface area contributed by atoms with E-state index in [9.17, 15) is 16.8 Å². The molecule has 0 atom stereocenters. The fraction of sp³-hybridized carbons (Fsp3) is 0.143. The lowest BCUT2D eigenvalue weighted by molar-refractivity contribution is 0.600. The minimum absolute atomic E-state index is 0.0127. The predicted molar refractivity (Wildman–Crippen MR) is 120 cm³/mol. The molecule has 30 heavy (non-hydrogen) atoms. The van der Waals surface area contributed by atoms with Crippen molar-refractivity contribution in [3.8, 4) is 0 Å². The van der Waals surface area contributed by atoms with Gasteiger partial charge in [0.25, 0.3) is 20.0 Å². The Morgan fingerprint density at radius 1 is 0.700 bits per heavy atom. The third-order valence-electron chi connectivity index (χ3n) is 4.44. The second kappa shape index (κ2) is 8.29. The van der Waals surface area contributed by atoms with Crippen molar-refractivity contribution in [1.82, 2.24) is 0 Å². The predicted octanol–water partition coefficient (Wildman–Crippen LogP) is 4.87. The average Bonchev–Trinajstić information content (AvgIpc) is 2.64. The lowest BCUT2D eigenvalue weighted by Crippen LogP contribution is -2.19. The zero-order valence-corrected chi connectivity index (χ0v) is 19.0. The Labute approximate surface area is 182 Å². The van der Waals surface area contributed by atoms with Crippen LogP contribution in [0, 0.1) is 20.8 Å². The van der Waals surface area contributed by atoms with Crippen LogP contribution in [0.5, 0.6) is 0 Å². The smallest absolute Gasteiger partial charge is 0.265 e. The van der Waals surface area contributed by atoms with E-state index in [1.54, 1.807) is 31.2 Å². The Kier molecular flexibility index (Phi) is 6.12. The number of hydrogen-bond donors (Lipinski definition) is 2. The molecule has 0 aliphatic heterocycles. The first kappa shape index (κ1) is 22.1. The summed E-state index contributed by atoms with van der Waals surface area (Å²) in [7, 11) is -8.20. The van der Waals surface area contributed by atoms with Crippen LogP contribution in [-0.4, -0.2) is 16.8 Å². The van der Waals surface area contributed by atoms with Crippen LogP contribution in [0.1, 0.15) is 16.7 Å². The van der Waals surface area contributed by atoms with Crippen LogP contribution >= 0.6 is 11.6 Å². The summed E-state index contributed by atoms with van der Waals surface area (Å²) >= 11 is 6.19. The maximum Gasteiger partial charge on any atom is 0.265 e.